The fourth-order valence-corrected chi connectivity index (χ4v) is 4.81. The summed E-state index contributed by atoms with van der Waals surface area (Å²) in [6.07, 6.45) is 2.12. The van der Waals surface area contributed by atoms with Crippen LogP contribution < -0.4 is 0 Å². The summed E-state index contributed by atoms with van der Waals surface area (Å²) in [5.41, 5.74) is 2.07. The van der Waals surface area contributed by atoms with E-state index in [0.29, 0.717) is 0 Å². The Balaban J connectivity index is 1.71. The lowest BCUT2D eigenvalue weighted by Crippen LogP contribution is -2.42. The molecule has 4 rings (SSSR count). The molecule has 178 valence electrons. The minimum Gasteiger partial charge on any atom is -0.388 e. The van der Waals surface area contributed by atoms with Crippen molar-refractivity contribution in [2.45, 2.75) is 43.5 Å². The third-order valence-electron chi connectivity index (χ3n) is 5.96. The van der Waals surface area contributed by atoms with E-state index >= 15 is 0 Å². The predicted octanol–water partition coefficient (Wildman–Crippen LogP) is 5.75. The number of ether oxygens (including phenoxy) is 3. The number of hydrogen-bond acceptors (Lipinski definition) is 5. The SMILES string of the molecule is CS/C=C\[C@@H]1OC(C)(C)O[C@@H]1[C@H](O)COC(c1ccccc1)(c1ccccc1)c1ccccc1. The van der Waals surface area contributed by atoms with Crippen LogP contribution in [0.5, 0.6) is 0 Å². The summed E-state index contributed by atoms with van der Waals surface area (Å²) in [4.78, 5) is 0. The molecule has 0 unspecified atom stereocenters. The molecule has 3 aromatic rings. The Morgan fingerprint density at radius 2 is 1.35 bits per heavy atom. The van der Waals surface area contributed by atoms with Crippen molar-refractivity contribution in [3.05, 3.63) is 119 Å². The summed E-state index contributed by atoms with van der Waals surface area (Å²) in [5.74, 6) is -0.783. The van der Waals surface area contributed by atoms with Crippen LogP contribution in [-0.2, 0) is 19.8 Å². The Bertz CT molecular complexity index is 957. The van der Waals surface area contributed by atoms with E-state index in [1.54, 1.807) is 11.8 Å². The van der Waals surface area contributed by atoms with E-state index in [1.807, 2.05) is 86.2 Å². The molecule has 0 aliphatic carbocycles. The highest BCUT2D eigenvalue weighted by molar-refractivity contribution is 8.01. The van der Waals surface area contributed by atoms with Gasteiger partial charge in [0.25, 0.3) is 0 Å². The second kappa shape index (κ2) is 10.9. The van der Waals surface area contributed by atoms with Crippen LogP contribution in [-0.4, -0.2) is 42.1 Å². The van der Waals surface area contributed by atoms with Crippen molar-refractivity contribution in [3.8, 4) is 0 Å². The minimum atomic E-state index is -0.898. The summed E-state index contributed by atoms with van der Waals surface area (Å²) < 4.78 is 18.9. The molecule has 1 saturated heterocycles. The summed E-state index contributed by atoms with van der Waals surface area (Å²) in [6, 6.07) is 30.4. The van der Waals surface area contributed by atoms with Gasteiger partial charge in [0.15, 0.2) is 5.79 Å². The molecule has 4 nitrogen and oxygen atoms in total. The quantitative estimate of drug-likeness (QED) is 0.398. The highest BCUT2D eigenvalue weighted by atomic mass is 32.2. The summed E-state index contributed by atoms with van der Waals surface area (Å²) in [7, 11) is 0. The second-order valence-corrected chi connectivity index (χ2v) is 9.53. The molecule has 1 aliphatic heterocycles. The smallest absolute Gasteiger partial charge is 0.164 e. The monoisotopic (exact) mass is 476 g/mol. The molecule has 0 aromatic heterocycles. The Kier molecular flexibility index (Phi) is 7.91. The standard InChI is InChI=1S/C29H32O4S/c1-28(2)32-26(19-20-34-3)27(33-28)25(30)21-31-29(22-13-7-4-8-14-22,23-15-9-5-10-16-23)24-17-11-6-12-18-24/h4-20,25-27,30H,21H2,1-3H3/b20-19-/t25-,26+,27-/m1/s1. The van der Waals surface area contributed by atoms with Crippen molar-refractivity contribution >= 4 is 11.8 Å². The number of aliphatic hydroxyl groups excluding tert-OH is 1. The fraction of sp³-hybridized carbons (Fsp3) is 0.310. The number of thioether (sulfide) groups is 1. The van der Waals surface area contributed by atoms with Crippen LogP contribution in [0.25, 0.3) is 0 Å². The Labute approximate surface area is 206 Å². The second-order valence-electron chi connectivity index (χ2n) is 8.79. The molecule has 34 heavy (non-hydrogen) atoms. The average Bonchev–Trinajstić information content (AvgIpc) is 3.19. The summed E-state index contributed by atoms with van der Waals surface area (Å²) >= 11 is 1.58. The van der Waals surface area contributed by atoms with Crippen LogP contribution in [0.4, 0.5) is 0 Å². The van der Waals surface area contributed by atoms with Gasteiger partial charge >= 0.3 is 0 Å². The van der Waals surface area contributed by atoms with Crippen LogP contribution in [0.3, 0.4) is 0 Å². The number of aliphatic hydroxyl groups is 1. The van der Waals surface area contributed by atoms with Gasteiger partial charge in [-0.3, -0.25) is 0 Å². The molecule has 1 fully saturated rings. The van der Waals surface area contributed by atoms with E-state index in [2.05, 4.69) is 36.4 Å². The van der Waals surface area contributed by atoms with E-state index in [1.165, 1.54) is 0 Å². The Morgan fingerprint density at radius 1 is 0.882 bits per heavy atom. The van der Waals surface area contributed by atoms with Crippen molar-refractivity contribution in [1.82, 2.24) is 0 Å². The first kappa shape index (κ1) is 24.7. The fourth-order valence-electron chi connectivity index (χ4n) is 4.49. The topological polar surface area (TPSA) is 47.9 Å². The number of benzene rings is 3. The first-order valence-electron chi connectivity index (χ1n) is 11.5. The van der Waals surface area contributed by atoms with Crippen LogP contribution in [0, 0.1) is 0 Å². The number of hydrogen-bond donors (Lipinski definition) is 1. The highest BCUT2D eigenvalue weighted by Crippen LogP contribution is 2.41. The molecule has 5 heteroatoms. The van der Waals surface area contributed by atoms with Gasteiger partial charge in [-0.15, -0.1) is 11.8 Å². The first-order valence-corrected chi connectivity index (χ1v) is 12.8. The zero-order valence-corrected chi connectivity index (χ0v) is 20.7. The third-order valence-corrected chi connectivity index (χ3v) is 6.39. The van der Waals surface area contributed by atoms with Gasteiger partial charge in [-0.05, 0) is 48.3 Å². The zero-order chi connectivity index (χ0) is 24.0. The van der Waals surface area contributed by atoms with Crippen molar-refractivity contribution in [1.29, 1.82) is 0 Å². The van der Waals surface area contributed by atoms with E-state index in [4.69, 9.17) is 14.2 Å². The Morgan fingerprint density at radius 3 is 1.79 bits per heavy atom. The molecule has 0 bridgehead atoms. The molecular weight excluding hydrogens is 444 g/mol. The number of rotatable bonds is 9. The Hall–Kier alpha value is -2.41. The van der Waals surface area contributed by atoms with Crippen molar-refractivity contribution in [2.24, 2.45) is 0 Å². The van der Waals surface area contributed by atoms with Crippen molar-refractivity contribution < 1.29 is 19.3 Å². The maximum absolute atomic E-state index is 11.3. The van der Waals surface area contributed by atoms with Crippen LogP contribution >= 0.6 is 11.8 Å². The normalized spacial score (nSPS) is 21.1. The first-order chi connectivity index (χ1) is 16.5. The maximum Gasteiger partial charge on any atom is 0.164 e. The lowest BCUT2D eigenvalue weighted by atomic mass is 9.80. The van der Waals surface area contributed by atoms with E-state index in [-0.39, 0.29) is 12.7 Å². The molecule has 0 spiro atoms. The third kappa shape index (κ3) is 5.29. The van der Waals surface area contributed by atoms with Gasteiger partial charge < -0.3 is 19.3 Å². The lowest BCUT2D eigenvalue weighted by molar-refractivity contribution is -0.160. The largest absolute Gasteiger partial charge is 0.388 e. The summed E-state index contributed by atoms with van der Waals surface area (Å²) in [6.45, 7) is 3.79. The molecule has 1 heterocycles. The van der Waals surface area contributed by atoms with Crippen LogP contribution in [0.1, 0.15) is 30.5 Å². The van der Waals surface area contributed by atoms with Gasteiger partial charge in [-0.25, -0.2) is 0 Å². The molecular formula is C29H32O4S. The molecule has 0 radical (unpaired) electrons. The van der Waals surface area contributed by atoms with Gasteiger partial charge in [-0.2, -0.15) is 0 Å². The average molecular weight is 477 g/mol. The van der Waals surface area contributed by atoms with Gasteiger partial charge in [0.05, 0.1) is 6.61 Å². The van der Waals surface area contributed by atoms with E-state index in [0.717, 1.165) is 16.7 Å². The van der Waals surface area contributed by atoms with Gasteiger partial charge in [0.1, 0.15) is 23.9 Å². The molecule has 1 aliphatic rings. The predicted molar refractivity (Wildman–Crippen MR) is 138 cm³/mol. The minimum absolute atomic E-state index is 0.0619. The summed E-state index contributed by atoms with van der Waals surface area (Å²) in [5, 5.41) is 13.2. The van der Waals surface area contributed by atoms with E-state index in [9.17, 15) is 5.11 Å². The maximum atomic E-state index is 11.3. The highest BCUT2D eigenvalue weighted by Gasteiger charge is 2.45. The van der Waals surface area contributed by atoms with Crippen molar-refractivity contribution in [3.63, 3.8) is 0 Å². The molecule has 1 N–H and O–H groups in total. The van der Waals surface area contributed by atoms with Gasteiger partial charge in [0.2, 0.25) is 0 Å². The van der Waals surface area contributed by atoms with Gasteiger partial charge in [-0.1, -0.05) is 91.0 Å². The van der Waals surface area contributed by atoms with E-state index < -0.39 is 23.6 Å². The molecule has 0 amide bonds. The van der Waals surface area contributed by atoms with Crippen molar-refractivity contribution in [2.75, 3.05) is 12.9 Å². The molecule has 0 saturated carbocycles. The van der Waals surface area contributed by atoms with Crippen LogP contribution in [0.15, 0.2) is 102 Å². The molecule has 3 atom stereocenters. The zero-order valence-electron chi connectivity index (χ0n) is 19.8. The lowest BCUT2D eigenvalue weighted by Gasteiger charge is -2.37. The molecule has 3 aromatic carbocycles. The van der Waals surface area contributed by atoms with Gasteiger partial charge in [0, 0.05) is 0 Å². The van der Waals surface area contributed by atoms with Crippen LogP contribution in [0.2, 0.25) is 0 Å².